The van der Waals surface area contributed by atoms with Gasteiger partial charge in [-0.1, -0.05) is 48.9 Å². The fraction of sp³-hybridized carbons (Fsp3) is 0.333. The topological polar surface area (TPSA) is 78.9 Å². The van der Waals surface area contributed by atoms with Crippen LogP contribution < -0.4 is 10.2 Å². The molecule has 2 amide bonds. The fourth-order valence-electron chi connectivity index (χ4n) is 6.30. The Balaban J connectivity index is 1.48. The number of halogens is 2. The highest BCUT2D eigenvalue weighted by Gasteiger charge is 2.66. The van der Waals surface area contributed by atoms with E-state index in [9.17, 15) is 14.7 Å². The van der Waals surface area contributed by atoms with Gasteiger partial charge in [-0.25, -0.2) is 0 Å². The Labute approximate surface area is 233 Å². The molecule has 4 atom stereocenters. The zero-order chi connectivity index (χ0) is 27.9. The molecule has 1 saturated heterocycles. The zero-order valence-corrected chi connectivity index (χ0v) is 23.9. The van der Waals surface area contributed by atoms with Crippen LogP contribution in [0.2, 0.25) is 23.7 Å². The Hall–Kier alpha value is -3.04. The van der Waals surface area contributed by atoms with E-state index in [1.165, 1.54) is 0 Å². The first-order valence-electron chi connectivity index (χ1n) is 13.1. The summed E-state index contributed by atoms with van der Waals surface area (Å²) < 4.78 is 22.2. The largest absolute Gasteiger partial charge is 0.396 e. The van der Waals surface area contributed by atoms with Crippen LogP contribution in [0.5, 0.6) is 0 Å². The van der Waals surface area contributed by atoms with Crippen LogP contribution in [0.4, 0.5) is 15.5 Å². The Morgan fingerprint density at radius 1 is 1.13 bits per heavy atom. The van der Waals surface area contributed by atoms with Crippen molar-refractivity contribution in [2.45, 2.75) is 50.2 Å². The van der Waals surface area contributed by atoms with Crippen molar-refractivity contribution in [1.29, 1.82) is 0 Å². The van der Waals surface area contributed by atoms with Crippen molar-refractivity contribution < 1.29 is 23.5 Å². The summed E-state index contributed by atoms with van der Waals surface area (Å²) in [5.41, 5.74) is 1.39. The summed E-state index contributed by atoms with van der Waals surface area (Å²) in [5, 5.41) is 13.1. The van der Waals surface area contributed by atoms with Crippen molar-refractivity contribution in [2.75, 3.05) is 16.8 Å². The van der Waals surface area contributed by atoms with Gasteiger partial charge in [-0.3, -0.25) is 9.59 Å². The molecule has 0 unspecified atom stereocenters. The van der Waals surface area contributed by atoms with Crippen LogP contribution in [0, 0.1) is 5.92 Å². The maximum absolute atomic E-state index is 15.6. The lowest BCUT2D eigenvalue weighted by atomic mass is 9.82. The van der Waals surface area contributed by atoms with Crippen LogP contribution >= 0.6 is 11.6 Å². The lowest BCUT2D eigenvalue weighted by molar-refractivity contribution is -0.146. The molecule has 0 bridgehead atoms. The van der Waals surface area contributed by atoms with E-state index in [1.54, 1.807) is 66.5 Å². The quantitative estimate of drug-likeness (QED) is 0.260. The number of ether oxygens (including phenoxy) is 1. The maximum Gasteiger partial charge on any atom is 0.264 e. The predicted molar refractivity (Wildman–Crippen MR) is 153 cm³/mol. The normalized spacial score (nSPS) is 24.3. The van der Waals surface area contributed by atoms with Gasteiger partial charge in [-0.15, -0.1) is 0 Å². The highest BCUT2D eigenvalue weighted by molar-refractivity contribution is 6.72. The molecule has 1 spiro atoms. The third-order valence-corrected chi connectivity index (χ3v) is 10.6. The van der Waals surface area contributed by atoms with Crippen molar-refractivity contribution in [3.05, 3.63) is 94.5 Å². The van der Waals surface area contributed by atoms with E-state index in [0.717, 1.165) is 5.56 Å². The number of anilines is 2. The van der Waals surface area contributed by atoms with E-state index in [4.69, 9.17) is 16.3 Å². The van der Waals surface area contributed by atoms with Crippen molar-refractivity contribution in [2.24, 2.45) is 5.92 Å². The first-order valence-corrected chi connectivity index (χ1v) is 16.4. The lowest BCUT2D eigenvalue weighted by Crippen LogP contribution is -2.45. The Bertz CT molecular complexity index is 1400. The summed E-state index contributed by atoms with van der Waals surface area (Å²) in [4.78, 5) is 28.6. The van der Waals surface area contributed by atoms with E-state index in [2.05, 4.69) is 5.32 Å². The summed E-state index contributed by atoms with van der Waals surface area (Å²) in [5.74, 6) is -0.947. The molecule has 39 heavy (non-hydrogen) atoms. The van der Waals surface area contributed by atoms with E-state index in [1.807, 2.05) is 31.2 Å². The second kappa shape index (κ2) is 10.5. The minimum atomic E-state index is -3.27. The number of carbonyl (C=O) groups is 2. The highest BCUT2D eigenvalue weighted by atomic mass is 35.5. The second-order valence-electron chi connectivity index (χ2n) is 10.9. The molecule has 204 valence electrons. The van der Waals surface area contributed by atoms with E-state index in [0.29, 0.717) is 27.5 Å². The highest BCUT2D eigenvalue weighted by Crippen LogP contribution is 2.60. The lowest BCUT2D eigenvalue weighted by Gasteiger charge is -2.31. The predicted octanol–water partition coefficient (Wildman–Crippen LogP) is 6.30. The molecule has 0 aliphatic carbocycles. The molecule has 3 aromatic rings. The number of rotatable bonds is 7. The third kappa shape index (κ3) is 4.91. The first kappa shape index (κ1) is 27.5. The minimum Gasteiger partial charge on any atom is -0.396 e. The molecule has 2 N–H and O–H groups in total. The Morgan fingerprint density at radius 2 is 1.87 bits per heavy atom. The summed E-state index contributed by atoms with van der Waals surface area (Å²) in [6.07, 6.45) is -0.326. The van der Waals surface area contributed by atoms with Gasteiger partial charge in [-0.05, 0) is 67.5 Å². The number of hydrogen-bond donors (Lipinski definition) is 2. The number of aliphatic hydroxyl groups excluding tert-OH is 1. The van der Waals surface area contributed by atoms with Crippen molar-refractivity contribution >= 4 is 43.2 Å². The second-order valence-corrected chi connectivity index (χ2v) is 15.1. The molecule has 5 rings (SSSR count). The van der Waals surface area contributed by atoms with Crippen LogP contribution in [0.25, 0.3) is 0 Å². The number of benzene rings is 3. The van der Waals surface area contributed by atoms with E-state index in [-0.39, 0.29) is 31.4 Å². The molecule has 2 aliphatic heterocycles. The zero-order valence-electron chi connectivity index (χ0n) is 22.2. The molecule has 2 heterocycles. The monoisotopic (exact) mass is 566 g/mol. The molecular formula is C30H32ClFN2O4Si. The third-order valence-electron chi connectivity index (χ3n) is 7.90. The van der Waals surface area contributed by atoms with Gasteiger partial charge in [0.2, 0.25) is 8.41 Å². The number of hydrogen-bond acceptors (Lipinski definition) is 4. The summed E-state index contributed by atoms with van der Waals surface area (Å²) in [7, 11) is -3.27. The number of nitrogens with one attached hydrogen (secondary N) is 1. The molecule has 0 radical (unpaired) electrons. The van der Waals surface area contributed by atoms with Crippen molar-refractivity contribution in [3.8, 4) is 0 Å². The number of amides is 2. The maximum atomic E-state index is 15.6. The van der Waals surface area contributed by atoms with E-state index < -0.39 is 31.6 Å². The minimum absolute atomic E-state index is 0.156. The van der Waals surface area contributed by atoms with Gasteiger partial charge in [0.15, 0.2) is 5.60 Å². The van der Waals surface area contributed by atoms with Gasteiger partial charge in [0.25, 0.3) is 11.8 Å². The summed E-state index contributed by atoms with van der Waals surface area (Å²) in [6.45, 7) is 5.21. The molecule has 9 heteroatoms. The van der Waals surface area contributed by atoms with Crippen LogP contribution in [0.1, 0.15) is 34.8 Å². The molecule has 6 nitrogen and oxygen atoms in total. The molecular weight excluding hydrogens is 535 g/mol. The molecule has 1 fully saturated rings. The van der Waals surface area contributed by atoms with Crippen molar-refractivity contribution in [1.82, 2.24) is 0 Å². The number of carbonyl (C=O) groups excluding carboxylic acids is 2. The Morgan fingerprint density at radius 3 is 2.56 bits per heavy atom. The van der Waals surface area contributed by atoms with Gasteiger partial charge >= 0.3 is 0 Å². The fourth-order valence-corrected chi connectivity index (χ4v) is 9.01. The van der Waals surface area contributed by atoms with E-state index >= 15 is 4.11 Å². The molecule has 3 aromatic carbocycles. The van der Waals surface area contributed by atoms with Crippen LogP contribution in [0.3, 0.4) is 0 Å². The Kier molecular flexibility index (Phi) is 7.41. The van der Waals surface area contributed by atoms with Gasteiger partial charge in [-0.2, -0.15) is 0 Å². The van der Waals surface area contributed by atoms with Gasteiger partial charge in [0, 0.05) is 39.9 Å². The smallest absolute Gasteiger partial charge is 0.264 e. The molecule has 2 aliphatic rings. The van der Waals surface area contributed by atoms with Gasteiger partial charge in [0.05, 0.1) is 18.3 Å². The SMILES string of the molecule is C[C@@H]1[C@@H]([Si](C)(C)F)[C@H](CCO)O[C@@]12C(=O)N(Cc1cccc(NC(=O)c3ccccc3)c1)c1ccc(Cl)cc12. The summed E-state index contributed by atoms with van der Waals surface area (Å²) >= 11 is 6.40. The average Bonchev–Trinajstić information content (AvgIpc) is 3.31. The molecule has 0 saturated carbocycles. The van der Waals surface area contributed by atoms with Crippen LogP contribution in [-0.4, -0.2) is 38.0 Å². The number of fused-ring (bicyclic) bond motifs is 2. The molecule has 0 aromatic heterocycles. The van der Waals surface area contributed by atoms with Crippen molar-refractivity contribution in [3.63, 3.8) is 0 Å². The van der Waals surface area contributed by atoms with Crippen LogP contribution in [0.15, 0.2) is 72.8 Å². The van der Waals surface area contributed by atoms with Crippen LogP contribution in [-0.2, 0) is 21.7 Å². The average molecular weight is 567 g/mol. The number of aliphatic hydroxyl groups is 1. The summed E-state index contributed by atoms with van der Waals surface area (Å²) in [6, 6.07) is 21.6. The number of nitrogens with zero attached hydrogens (tertiary/aromatic N) is 1. The van der Waals surface area contributed by atoms with Gasteiger partial charge in [0.1, 0.15) is 0 Å². The first-order chi connectivity index (χ1) is 18.6. The van der Waals surface area contributed by atoms with Gasteiger partial charge < -0.3 is 24.2 Å². The standard InChI is InChI=1S/C30H32ClFN2O4Si/c1-19-27(39(2,3)32)26(14-15-35)38-30(19)24-17-22(31)12-13-25(24)34(29(30)37)18-20-8-7-11-23(16-20)33-28(36)21-9-5-4-6-10-21/h4-13,16-17,19,26-27,35H,14-15,18H2,1-3H3,(H,33,36)/t19-,26+,27-,30+/m1/s1.